The van der Waals surface area contributed by atoms with Gasteiger partial charge in [-0.25, -0.2) is 0 Å². The predicted molar refractivity (Wildman–Crippen MR) is 178 cm³/mol. The van der Waals surface area contributed by atoms with Gasteiger partial charge < -0.3 is 20.3 Å². The van der Waals surface area contributed by atoms with Crippen LogP contribution in [-0.2, 0) is 19.1 Å². The third kappa shape index (κ3) is 24.7. The number of benzene rings is 1. The minimum Gasteiger partial charge on any atom is -0.463 e. The summed E-state index contributed by atoms with van der Waals surface area (Å²) in [5.41, 5.74) is 6.94. The molecule has 1 amide bonds. The van der Waals surface area contributed by atoms with Crippen molar-refractivity contribution in [2.75, 3.05) is 13.7 Å². The number of esters is 1. The van der Waals surface area contributed by atoms with E-state index in [1.807, 2.05) is 45.9 Å². The molecule has 42 heavy (non-hydrogen) atoms. The number of hydrogen-bond donors (Lipinski definition) is 2. The zero-order valence-corrected chi connectivity index (χ0v) is 26.7. The smallest absolute Gasteiger partial charge is 0.308 e. The van der Waals surface area contributed by atoms with E-state index in [1.165, 1.54) is 6.42 Å². The van der Waals surface area contributed by atoms with Gasteiger partial charge in [0.05, 0.1) is 18.1 Å². The van der Waals surface area contributed by atoms with E-state index >= 15 is 0 Å². The number of carbonyl (C=O) groups is 3. The Morgan fingerprint density at radius 3 is 2.05 bits per heavy atom. The number of ether oxygens (including phenoxy) is 2. The van der Waals surface area contributed by atoms with Crippen molar-refractivity contribution in [3.63, 3.8) is 0 Å². The average molecular weight is 593 g/mol. The number of nitrogens with two attached hydrogens (primary N) is 1. The molecule has 1 aliphatic heterocycles. The van der Waals surface area contributed by atoms with Crippen molar-refractivity contribution in [3.05, 3.63) is 54.1 Å². The molecule has 2 rings (SSSR count). The molecule has 0 saturated carbocycles. The first kappa shape index (κ1) is 45.9. The van der Waals surface area contributed by atoms with Gasteiger partial charge in [-0.15, -0.1) is 0 Å². The van der Waals surface area contributed by atoms with Gasteiger partial charge in [-0.2, -0.15) is 4.99 Å². The lowest BCUT2D eigenvalue weighted by Gasteiger charge is -2.15. The molecule has 0 radical (unpaired) electrons. The summed E-state index contributed by atoms with van der Waals surface area (Å²) in [6.45, 7) is 18.1. The molecular formula is C34H60N2O6. The molecule has 1 aromatic rings. The summed E-state index contributed by atoms with van der Waals surface area (Å²) in [5.74, 6) is 0.126. The van der Waals surface area contributed by atoms with Gasteiger partial charge in [-0.05, 0) is 57.6 Å². The van der Waals surface area contributed by atoms with Crippen LogP contribution in [0.3, 0.4) is 0 Å². The van der Waals surface area contributed by atoms with Crippen LogP contribution in [0.5, 0.6) is 0 Å². The maximum absolute atomic E-state index is 11.6. The molecule has 1 saturated heterocycles. The summed E-state index contributed by atoms with van der Waals surface area (Å²) < 4.78 is 10.8. The number of nitrogens with zero attached hydrogens (tertiary/aromatic N) is 1. The second kappa shape index (κ2) is 32.4. The normalized spacial score (nSPS) is 15.1. The Balaban J connectivity index is -0.000000241. The maximum atomic E-state index is 11.6. The zero-order valence-electron chi connectivity index (χ0n) is 26.7. The SMILES string of the molecule is C.C/C=C\C(N)=NC(=O)CCC.C=Cc1ccccc1C=O.CCC.CCC(CC)C(=O)OCC1CCC(C)O1.CO. The third-order valence-corrected chi connectivity index (χ3v) is 5.45. The number of amides is 1. The van der Waals surface area contributed by atoms with Crippen LogP contribution in [0.1, 0.15) is 117 Å². The van der Waals surface area contributed by atoms with Gasteiger partial charge in [0, 0.05) is 19.1 Å². The largest absolute Gasteiger partial charge is 0.463 e. The second-order valence-corrected chi connectivity index (χ2v) is 9.13. The summed E-state index contributed by atoms with van der Waals surface area (Å²) >= 11 is 0. The summed E-state index contributed by atoms with van der Waals surface area (Å²) in [6, 6.07) is 7.33. The Morgan fingerprint density at radius 1 is 1.12 bits per heavy atom. The number of carbonyl (C=O) groups excluding carboxylic acids is 3. The van der Waals surface area contributed by atoms with Crippen molar-refractivity contribution < 1.29 is 29.0 Å². The van der Waals surface area contributed by atoms with Crippen molar-refractivity contribution >= 4 is 30.1 Å². The molecule has 1 heterocycles. The lowest BCUT2D eigenvalue weighted by molar-refractivity contribution is -0.152. The van der Waals surface area contributed by atoms with Crippen molar-refractivity contribution in [1.82, 2.24) is 0 Å². The summed E-state index contributed by atoms with van der Waals surface area (Å²) in [4.78, 5) is 36.4. The molecule has 242 valence electrons. The molecule has 0 aliphatic carbocycles. The third-order valence-electron chi connectivity index (χ3n) is 5.45. The van der Waals surface area contributed by atoms with Crippen LogP contribution in [-0.4, -0.2) is 55.0 Å². The summed E-state index contributed by atoms with van der Waals surface area (Å²) in [5, 5.41) is 7.00. The number of rotatable bonds is 10. The maximum Gasteiger partial charge on any atom is 0.308 e. The highest BCUT2D eigenvalue weighted by molar-refractivity contribution is 5.99. The fraction of sp³-hybridized carbons (Fsp3) is 0.588. The fourth-order valence-corrected chi connectivity index (χ4v) is 3.35. The first-order valence-corrected chi connectivity index (χ1v) is 14.6. The Hall–Kier alpha value is -3.10. The van der Waals surface area contributed by atoms with Gasteiger partial charge in [-0.3, -0.25) is 14.4 Å². The van der Waals surface area contributed by atoms with E-state index in [0.717, 1.165) is 51.1 Å². The van der Waals surface area contributed by atoms with Crippen LogP contribution in [0, 0.1) is 5.92 Å². The standard InChI is InChI=1S/C12H22O3.C9H8O.C8H14N2O.C3H8.CH4O.CH4/c1-4-10(5-2)12(13)14-8-11-7-6-9(3)15-11;1-2-8-5-3-4-6-9(8)7-10;1-3-5-7(9)10-8(11)6-4-2;1-3-2;1-2;/h9-11H,4-8H2,1-3H3;2-7H,1H2;3,5H,4,6H2,1-2H3,(H2,9,10,11);3H2,1-2H3;2H,1H3;1H4/b;;5-3-;;;. The lowest BCUT2D eigenvalue weighted by atomic mass is 10.0. The van der Waals surface area contributed by atoms with Crippen molar-refractivity contribution in [3.8, 4) is 0 Å². The minimum absolute atomic E-state index is 0. The number of hydrogen-bond acceptors (Lipinski definition) is 6. The fourth-order valence-electron chi connectivity index (χ4n) is 3.35. The number of aldehydes is 1. The topological polar surface area (TPSA) is 128 Å². The van der Waals surface area contributed by atoms with Crippen molar-refractivity contribution in [1.29, 1.82) is 0 Å². The van der Waals surface area contributed by atoms with E-state index in [0.29, 0.717) is 24.7 Å². The van der Waals surface area contributed by atoms with Gasteiger partial charge in [0.2, 0.25) is 5.91 Å². The molecule has 2 unspecified atom stereocenters. The summed E-state index contributed by atoms with van der Waals surface area (Å²) in [6.07, 6.45) is 12.6. The van der Waals surface area contributed by atoms with Crippen LogP contribution < -0.4 is 5.73 Å². The second-order valence-electron chi connectivity index (χ2n) is 9.13. The Labute approximate surface area is 256 Å². The molecule has 0 bridgehead atoms. The van der Waals surface area contributed by atoms with Crippen molar-refractivity contribution in [2.45, 2.75) is 113 Å². The number of aliphatic hydroxyl groups excluding tert-OH is 1. The molecule has 2 atom stereocenters. The van der Waals surface area contributed by atoms with Crippen LogP contribution in [0.2, 0.25) is 0 Å². The van der Waals surface area contributed by atoms with E-state index in [9.17, 15) is 14.4 Å². The molecule has 1 fully saturated rings. The Kier molecular flexibility index (Phi) is 35.4. The molecule has 1 aliphatic rings. The quantitative estimate of drug-likeness (QED) is 0.124. The first-order chi connectivity index (χ1) is 19.7. The highest BCUT2D eigenvalue weighted by Crippen LogP contribution is 2.20. The van der Waals surface area contributed by atoms with Gasteiger partial charge in [-0.1, -0.05) is 91.5 Å². The van der Waals surface area contributed by atoms with E-state index in [4.69, 9.17) is 20.3 Å². The zero-order chi connectivity index (χ0) is 32.1. The molecule has 1 aromatic carbocycles. The van der Waals surface area contributed by atoms with E-state index in [-0.39, 0.29) is 37.2 Å². The van der Waals surface area contributed by atoms with Gasteiger partial charge in [0.25, 0.3) is 0 Å². The number of allylic oxidation sites excluding steroid dienone is 1. The highest BCUT2D eigenvalue weighted by Gasteiger charge is 2.24. The highest BCUT2D eigenvalue weighted by atomic mass is 16.6. The summed E-state index contributed by atoms with van der Waals surface area (Å²) in [7, 11) is 1.00. The molecule has 0 aromatic heterocycles. The molecular weight excluding hydrogens is 532 g/mol. The number of amidine groups is 1. The minimum atomic E-state index is -0.150. The molecule has 8 nitrogen and oxygen atoms in total. The van der Waals surface area contributed by atoms with E-state index in [2.05, 4.69) is 32.3 Å². The Morgan fingerprint density at radius 2 is 1.67 bits per heavy atom. The van der Waals surface area contributed by atoms with Gasteiger partial charge in [0.1, 0.15) is 12.4 Å². The van der Waals surface area contributed by atoms with E-state index in [1.54, 1.807) is 24.3 Å². The van der Waals surface area contributed by atoms with Crippen LogP contribution in [0.25, 0.3) is 6.08 Å². The van der Waals surface area contributed by atoms with Gasteiger partial charge >= 0.3 is 5.97 Å². The monoisotopic (exact) mass is 592 g/mol. The Bertz CT molecular complexity index is 852. The van der Waals surface area contributed by atoms with Crippen LogP contribution >= 0.6 is 0 Å². The molecule has 3 N–H and O–H groups in total. The lowest BCUT2D eigenvalue weighted by Crippen LogP contribution is -2.23. The van der Waals surface area contributed by atoms with E-state index < -0.39 is 0 Å². The molecule has 0 spiro atoms. The van der Waals surface area contributed by atoms with Crippen molar-refractivity contribution in [2.24, 2.45) is 16.6 Å². The predicted octanol–water partition coefficient (Wildman–Crippen LogP) is 7.58. The van der Waals surface area contributed by atoms with Crippen LogP contribution in [0.15, 0.2) is 48.0 Å². The average Bonchev–Trinajstić information content (AvgIpc) is 3.39. The van der Waals surface area contributed by atoms with Gasteiger partial charge in [0.15, 0.2) is 6.29 Å². The van der Waals surface area contributed by atoms with Crippen LogP contribution in [0.4, 0.5) is 0 Å². The number of aliphatic imine (C=N–C) groups is 1. The first-order valence-electron chi connectivity index (χ1n) is 14.6. The molecule has 8 heteroatoms. The number of aliphatic hydroxyl groups is 1.